The van der Waals surface area contributed by atoms with Crippen molar-refractivity contribution in [1.29, 1.82) is 0 Å². The molecule has 0 aliphatic carbocycles. The topological polar surface area (TPSA) is 25.2 Å². The Morgan fingerprint density at radius 3 is 2.72 bits per heavy atom. The Morgan fingerprint density at radius 1 is 1.22 bits per heavy atom. The molecule has 0 aliphatic heterocycles. The molecule has 18 heavy (non-hydrogen) atoms. The molecule has 4 heteroatoms. The summed E-state index contributed by atoms with van der Waals surface area (Å²) >= 11 is 6.11. The summed E-state index contributed by atoms with van der Waals surface area (Å²) in [5.74, 6) is 1.69. The van der Waals surface area contributed by atoms with Gasteiger partial charge in [0.15, 0.2) is 0 Å². The Kier molecular flexibility index (Phi) is 5.99. The molecule has 1 N–H and O–H groups in total. The van der Waals surface area contributed by atoms with Gasteiger partial charge in [-0.05, 0) is 24.3 Å². The number of rotatable bonds is 5. The second-order valence-electron chi connectivity index (χ2n) is 3.67. The van der Waals surface area contributed by atoms with Crippen molar-refractivity contribution in [3.05, 3.63) is 59.8 Å². The molecule has 0 saturated heterocycles. The highest BCUT2D eigenvalue weighted by molar-refractivity contribution is 6.33. The summed E-state index contributed by atoms with van der Waals surface area (Å²) in [5.41, 5.74) is 0.920. The van der Waals surface area contributed by atoms with Crippen LogP contribution in [0.5, 0.6) is 0 Å². The normalized spacial score (nSPS) is 9.83. The van der Waals surface area contributed by atoms with Gasteiger partial charge in [0.25, 0.3) is 0 Å². The molecule has 0 saturated carbocycles. The first kappa shape index (κ1) is 14.8. The van der Waals surface area contributed by atoms with Crippen molar-refractivity contribution < 1.29 is 4.42 Å². The summed E-state index contributed by atoms with van der Waals surface area (Å²) in [6, 6.07) is 11.5. The van der Waals surface area contributed by atoms with Crippen LogP contribution in [0.1, 0.15) is 5.76 Å². The van der Waals surface area contributed by atoms with Crippen LogP contribution in [0, 0.1) is 0 Å². The SMILES string of the molecule is C=CCNCc1ccc(-c2ccccc2Cl)o1.Cl. The fourth-order valence-corrected chi connectivity index (χ4v) is 1.81. The average Bonchev–Trinajstić information content (AvgIpc) is 2.79. The van der Waals surface area contributed by atoms with Gasteiger partial charge in [0.05, 0.1) is 11.6 Å². The van der Waals surface area contributed by atoms with Gasteiger partial charge in [-0.25, -0.2) is 0 Å². The number of benzene rings is 1. The lowest BCUT2D eigenvalue weighted by atomic mass is 10.2. The minimum Gasteiger partial charge on any atom is -0.460 e. The molecule has 0 fully saturated rings. The minimum absolute atomic E-state index is 0. The van der Waals surface area contributed by atoms with Crippen LogP contribution in [0.15, 0.2) is 53.5 Å². The van der Waals surface area contributed by atoms with Crippen LogP contribution in [0.2, 0.25) is 5.02 Å². The Balaban J connectivity index is 0.00000162. The van der Waals surface area contributed by atoms with Crippen molar-refractivity contribution in [2.24, 2.45) is 0 Å². The van der Waals surface area contributed by atoms with E-state index in [1.54, 1.807) is 0 Å². The number of nitrogens with one attached hydrogen (secondary N) is 1. The third-order valence-electron chi connectivity index (χ3n) is 2.39. The number of furan rings is 1. The molecule has 0 unspecified atom stereocenters. The van der Waals surface area contributed by atoms with Gasteiger partial charge in [-0.3, -0.25) is 0 Å². The van der Waals surface area contributed by atoms with E-state index in [1.807, 2.05) is 42.5 Å². The lowest BCUT2D eigenvalue weighted by Crippen LogP contribution is -2.11. The maximum Gasteiger partial charge on any atom is 0.135 e. The minimum atomic E-state index is 0. The fourth-order valence-electron chi connectivity index (χ4n) is 1.58. The van der Waals surface area contributed by atoms with Gasteiger partial charge in [-0.15, -0.1) is 19.0 Å². The van der Waals surface area contributed by atoms with Gasteiger partial charge in [0, 0.05) is 12.1 Å². The lowest BCUT2D eigenvalue weighted by Gasteiger charge is -2.00. The van der Waals surface area contributed by atoms with Crippen LogP contribution in [0.3, 0.4) is 0 Å². The first-order valence-corrected chi connectivity index (χ1v) is 5.84. The molecule has 2 aromatic rings. The number of hydrogen-bond donors (Lipinski definition) is 1. The summed E-state index contributed by atoms with van der Waals surface area (Å²) < 4.78 is 5.72. The highest BCUT2D eigenvalue weighted by atomic mass is 35.5. The van der Waals surface area contributed by atoms with Crippen LogP contribution >= 0.6 is 24.0 Å². The largest absolute Gasteiger partial charge is 0.460 e. The van der Waals surface area contributed by atoms with E-state index < -0.39 is 0 Å². The van der Waals surface area contributed by atoms with E-state index in [4.69, 9.17) is 16.0 Å². The Bertz CT molecular complexity index is 508. The lowest BCUT2D eigenvalue weighted by molar-refractivity contribution is 0.502. The Hall–Kier alpha value is -1.22. The van der Waals surface area contributed by atoms with Crippen molar-refractivity contribution in [2.75, 3.05) is 6.54 Å². The Morgan fingerprint density at radius 2 is 2.00 bits per heavy atom. The quantitative estimate of drug-likeness (QED) is 0.654. The van der Waals surface area contributed by atoms with E-state index in [0.717, 1.165) is 23.6 Å². The molecule has 1 aromatic carbocycles. The number of halogens is 2. The third kappa shape index (κ3) is 3.64. The van der Waals surface area contributed by atoms with Gasteiger partial charge < -0.3 is 9.73 Å². The molecule has 0 spiro atoms. The van der Waals surface area contributed by atoms with Crippen molar-refractivity contribution in [3.63, 3.8) is 0 Å². The zero-order valence-electron chi connectivity index (χ0n) is 9.86. The van der Waals surface area contributed by atoms with Gasteiger partial charge in [0.2, 0.25) is 0 Å². The molecular formula is C14H15Cl2NO. The highest BCUT2D eigenvalue weighted by Gasteiger charge is 2.07. The first-order valence-electron chi connectivity index (χ1n) is 5.46. The van der Waals surface area contributed by atoms with Gasteiger partial charge in [-0.2, -0.15) is 0 Å². The van der Waals surface area contributed by atoms with Crippen molar-refractivity contribution in [2.45, 2.75) is 6.54 Å². The molecule has 1 aromatic heterocycles. The van der Waals surface area contributed by atoms with Crippen molar-refractivity contribution in [1.82, 2.24) is 5.32 Å². The molecule has 0 aliphatic rings. The molecule has 0 amide bonds. The monoisotopic (exact) mass is 283 g/mol. The van der Waals surface area contributed by atoms with Crippen LogP contribution in [-0.2, 0) is 6.54 Å². The average molecular weight is 284 g/mol. The van der Waals surface area contributed by atoms with Crippen LogP contribution in [-0.4, -0.2) is 6.54 Å². The Labute approximate surface area is 118 Å². The van der Waals surface area contributed by atoms with E-state index in [9.17, 15) is 0 Å². The smallest absolute Gasteiger partial charge is 0.135 e. The van der Waals surface area contributed by atoms with Gasteiger partial charge in [0.1, 0.15) is 11.5 Å². The summed E-state index contributed by atoms with van der Waals surface area (Å²) in [5, 5.41) is 3.89. The second-order valence-corrected chi connectivity index (χ2v) is 4.07. The predicted molar refractivity (Wildman–Crippen MR) is 78.3 cm³/mol. The summed E-state index contributed by atoms with van der Waals surface area (Å²) in [4.78, 5) is 0. The molecule has 96 valence electrons. The third-order valence-corrected chi connectivity index (χ3v) is 2.72. The maximum absolute atomic E-state index is 6.11. The predicted octanol–water partition coefficient (Wildman–Crippen LogP) is 4.30. The summed E-state index contributed by atoms with van der Waals surface area (Å²) in [6.45, 7) is 5.10. The second kappa shape index (κ2) is 7.27. The van der Waals surface area contributed by atoms with E-state index in [0.29, 0.717) is 11.6 Å². The first-order chi connectivity index (χ1) is 8.31. The van der Waals surface area contributed by atoms with Crippen LogP contribution in [0.25, 0.3) is 11.3 Å². The van der Waals surface area contributed by atoms with Crippen LogP contribution < -0.4 is 5.32 Å². The molecular weight excluding hydrogens is 269 g/mol. The maximum atomic E-state index is 6.11. The van der Waals surface area contributed by atoms with E-state index >= 15 is 0 Å². The number of hydrogen-bond acceptors (Lipinski definition) is 2. The van der Waals surface area contributed by atoms with E-state index in [1.165, 1.54) is 0 Å². The molecule has 2 nitrogen and oxygen atoms in total. The summed E-state index contributed by atoms with van der Waals surface area (Å²) in [6.07, 6.45) is 1.82. The van der Waals surface area contributed by atoms with Gasteiger partial charge in [-0.1, -0.05) is 29.8 Å². The van der Waals surface area contributed by atoms with E-state index in [-0.39, 0.29) is 12.4 Å². The molecule has 0 radical (unpaired) electrons. The van der Waals surface area contributed by atoms with E-state index in [2.05, 4.69) is 11.9 Å². The molecule has 0 atom stereocenters. The molecule has 2 rings (SSSR count). The molecule has 0 bridgehead atoms. The zero-order chi connectivity index (χ0) is 12.1. The van der Waals surface area contributed by atoms with Crippen molar-refractivity contribution >= 4 is 24.0 Å². The van der Waals surface area contributed by atoms with Gasteiger partial charge >= 0.3 is 0 Å². The summed E-state index contributed by atoms with van der Waals surface area (Å²) in [7, 11) is 0. The highest BCUT2D eigenvalue weighted by Crippen LogP contribution is 2.28. The van der Waals surface area contributed by atoms with Crippen LogP contribution in [0.4, 0.5) is 0 Å². The molecule has 1 heterocycles. The fraction of sp³-hybridized carbons (Fsp3) is 0.143. The van der Waals surface area contributed by atoms with Crippen molar-refractivity contribution in [3.8, 4) is 11.3 Å². The zero-order valence-corrected chi connectivity index (χ0v) is 11.4. The standard InChI is InChI=1S/C14H14ClNO.ClH/c1-2-9-16-10-11-7-8-14(17-11)12-5-3-4-6-13(12)15;/h2-8,16H,1,9-10H2;1H.